The number of anilines is 1. The van der Waals surface area contributed by atoms with Crippen LogP contribution in [0.1, 0.15) is 0 Å². The highest BCUT2D eigenvalue weighted by Gasteiger charge is 2.32. The number of para-hydroxylation sites is 2. The lowest BCUT2D eigenvalue weighted by atomic mass is 10.3. The minimum Gasteiger partial charge on any atom is -0.404 e. The standard InChI is InChI=1S/C15H16F3N3O4S2.HI/c16-15(17,18)25-12-5-2-1-4-11(12)21-14(19)20-8-10(22)9-27(23,24)13-6-3-7-26-13;/h1-7,10,22H,8-9H2,(H3,19,20,21);1H. The summed E-state index contributed by atoms with van der Waals surface area (Å²) in [5.74, 6) is -1.37. The smallest absolute Gasteiger partial charge is 0.404 e. The fraction of sp³-hybridized carbons (Fsp3) is 0.267. The molecule has 0 aliphatic rings. The molecule has 0 aliphatic heterocycles. The van der Waals surface area contributed by atoms with E-state index in [9.17, 15) is 26.7 Å². The molecule has 2 aromatic rings. The van der Waals surface area contributed by atoms with Crippen molar-refractivity contribution in [3.63, 3.8) is 0 Å². The third kappa shape index (κ3) is 7.81. The van der Waals surface area contributed by atoms with Crippen LogP contribution in [-0.4, -0.2) is 44.2 Å². The average molecular weight is 551 g/mol. The Kier molecular flexibility index (Phi) is 8.97. The van der Waals surface area contributed by atoms with Crippen molar-refractivity contribution in [1.29, 1.82) is 0 Å². The molecule has 0 amide bonds. The van der Waals surface area contributed by atoms with Gasteiger partial charge in [0.1, 0.15) is 4.21 Å². The van der Waals surface area contributed by atoms with Crippen LogP contribution < -0.4 is 15.8 Å². The van der Waals surface area contributed by atoms with Crippen LogP contribution in [0.5, 0.6) is 5.75 Å². The minimum absolute atomic E-state index is 0. The summed E-state index contributed by atoms with van der Waals surface area (Å²) in [6, 6.07) is 8.18. The Morgan fingerprint density at radius 2 is 1.96 bits per heavy atom. The Labute approximate surface area is 180 Å². The largest absolute Gasteiger partial charge is 0.573 e. The summed E-state index contributed by atoms with van der Waals surface area (Å²) in [6.07, 6.45) is -6.21. The minimum atomic E-state index is -4.88. The quantitative estimate of drug-likeness (QED) is 0.277. The third-order valence-corrected chi connectivity index (χ3v) is 6.35. The van der Waals surface area contributed by atoms with E-state index in [1.54, 1.807) is 11.4 Å². The number of aliphatic imine (C=N–C) groups is 1. The number of aliphatic hydroxyl groups excluding tert-OH is 1. The summed E-state index contributed by atoms with van der Waals surface area (Å²) < 4.78 is 65.2. The fourth-order valence-electron chi connectivity index (χ4n) is 1.99. The predicted molar refractivity (Wildman–Crippen MR) is 111 cm³/mol. The van der Waals surface area contributed by atoms with Gasteiger partial charge in [-0.25, -0.2) is 8.42 Å². The molecule has 2 rings (SSSR count). The van der Waals surface area contributed by atoms with E-state index >= 15 is 0 Å². The number of guanidine groups is 1. The Hall–Kier alpha value is -1.58. The molecule has 1 aromatic carbocycles. The van der Waals surface area contributed by atoms with Crippen molar-refractivity contribution in [2.45, 2.75) is 16.7 Å². The average Bonchev–Trinajstić information content (AvgIpc) is 3.08. The Bertz CT molecular complexity index is 890. The Morgan fingerprint density at radius 3 is 2.57 bits per heavy atom. The topological polar surface area (TPSA) is 114 Å². The van der Waals surface area contributed by atoms with E-state index in [2.05, 4.69) is 15.0 Å². The summed E-state index contributed by atoms with van der Waals surface area (Å²) in [5, 5.41) is 13.9. The van der Waals surface area contributed by atoms with Crippen molar-refractivity contribution in [2.24, 2.45) is 10.7 Å². The number of sulfone groups is 1. The Balaban J connectivity index is 0.00000392. The van der Waals surface area contributed by atoms with Gasteiger partial charge in [-0.1, -0.05) is 18.2 Å². The molecule has 28 heavy (non-hydrogen) atoms. The maximum Gasteiger partial charge on any atom is 0.573 e. The molecule has 0 saturated carbocycles. The Morgan fingerprint density at radius 1 is 1.29 bits per heavy atom. The van der Waals surface area contributed by atoms with Crippen LogP contribution in [0, 0.1) is 0 Å². The van der Waals surface area contributed by atoms with Gasteiger partial charge in [-0.05, 0) is 23.6 Å². The van der Waals surface area contributed by atoms with Crippen molar-refractivity contribution in [1.82, 2.24) is 0 Å². The van der Waals surface area contributed by atoms with Crippen LogP contribution in [0.15, 0.2) is 51.0 Å². The number of nitrogens with zero attached hydrogens (tertiary/aromatic N) is 1. The van der Waals surface area contributed by atoms with Gasteiger partial charge in [0.25, 0.3) is 0 Å². The SMILES string of the molecule is I.NC(=NCC(O)CS(=O)(=O)c1cccs1)Nc1ccccc1OC(F)(F)F. The zero-order valence-electron chi connectivity index (χ0n) is 14.1. The van der Waals surface area contributed by atoms with Crippen LogP contribution in [0.2, 0.25) is 0 Å². The summed E-state index contributed by atoms with van der Waals surface area (Å²) in [4.78, 5) is 3.76. The lowest BCUT2D eigenvalue weighted by Crippen LogP contribution is -2.28. The van der Waals surface area contributed by atoms with Crippen LogP contribution in [0.25, 0.3) is 0 Å². The molecule has 0 fully saturated rings. The maximum absolute atomic E-state index is 12.4. The van der Waals surface area contributed by atoms with E-state index in [4.69, 9.17) is 5.73 Å². The summed E-state index contributed by atoms with van der Waals surface area (Å²) >= 11 is 1.03. The van der Waals surface area contributed by atoms with Crippen molar-refractivity contribution < 1.29 is 31.4 Å². The van der Waals surface area contributed by atoms with E-state index < -0.39 is 33.8 Å². The number of hydrogen-bond donors (Lipinski definition) is 3. The van der Waals surface area contributed by atoms with Gasteiger partial charge in [0.15, 0.2) is 21.5 Å². The van der Waals surface area contributed by atoms with Gasteiger partial charge < -0.3 is 20.9 Å². The molecule has 0 aliphatic carbocycles. The normalized spacial score (nSPS) is 13.5. The van der Waals surface area contributed by atoms with Crippen LogP contribution in [-0.2, 0) is 9.84 Å². The highest BCUT2D eigenvalue weighted by atomic mass is 127. The lowest BCUT2D eigenvalue weighted by molar-refractivity contribution is -0.274. The number of aliphatic hydroxyl groups is 1. The van der Waals surface area contributed by atoms with Gasteiger partial charge >= 0.3 is 6.36 Å². The molecule has 156 valence electrons. The number of hydrogen-bond acceptors (Lipinski definition) is 6. The van der Waals surface area contributed by atoms with Gasteiger partial charge in [-0.2, -0.15) is 0 Å². The zero-order valence-corrected chi connectivity index (χ0v) is 18.1. The number of alkyl halides is 3. The van der Waals surface area contributed by atoms with Crippen molar-refractivity contribution in [3.05, 3.63) is 41.8 Å². The second-order valence-corrected chi connectivity index (χ2v) is 8.47. The first-order chi connectivity index (χ1) is 12.6. The predicted octanol–water partition coefficient (Wildman–Crippen LogP) is 2.83. The van der Waals surface area contributed by atoms with Crippen molar-refractivity contribution in [3.8, 4) is 5.75 Å². The molecular formula is C15H17F3IN3O4S2. The maximum atomic E-state index is 12.4. The molecule has 1 heterocycles. The number of thiophene rings is 1. The van der Waals surface area contributed by atoms with Gasteiger partial charge in [-0.15, -0.1) is 48.5 Å². The molecule has 1 unspecified atom stereocenters. The van der Waals surface area contributed by atoms with Crippen LogP contribution in [0.3, 0.4) is 0 Å². The van der Waals surface area contributed by atoms with Gasteiger partial charge in [0.2, 0.25) is 0 Å². The number of nitrogens with two attached hydrogens (primary N) is 1. The van der Waals surface area contributed by atoms with Gasteiger partial charge in [0, 0.05) is 0 Å². The molecule has 1 atom stereocenters. The third-order valence-electron chi connectivity index (χ3n) is 3.06. The number of rotatable bonds is 7. The molecule has 7 nitrogen and oxygen atoms in total. The molecule has 0 saturated heterocycles. The van der Waals surface area contributed by atoms with E-state index in [1.807, 2.05) is 0 Å². The molecule has 4 N–H and O–H groups in total. The lowest BCUT2D eigenvalue weighted by Gasteiger charge is -2.14. The van der Waals surface area contributed by atoms with Crippen LogP contribution >= 0.6 is 35.3 Å². The fourth-order valence-corrected chi connectivity index (χ4v) is 4.46. The molecule has 0 bridgehead atoms. The first-order valence-electron chi connectivity index (χ1n) is 7.43. The number of benzene rings is 1. The van der Waals surface area contributed by atoms with E-state index in [0.29, 0.717) is 0 Å². The molecule has 13 heteroatoms. The van der Waals surface area contributed by atoms with Gasteiger partial charge in [-0.3, -0.25) is 4.99 Å². The highest BCUT2D eigenvalue weighted by Crippen LogP contribution is 2.29. The summed E-state index contributed by atoms with van der Waals surface area (Å²) in [5.41, 5.74) is 5.50. The number of ether oxygens (including phenoxy) is 1. The highest BCUT2D eigenvalue weighted by molar-refractivity contribution is 14.0. The first-order valence-corrected chi connectivity index (χ1v) is 9.96. The second kappa shape index (κ2) is 10.3. The molecular weight excluding hydrogens is 534 g/mol. The zero-order chi connectivity index (χ0) is 20.1. The summed E-state index contributed by atoms with van der Waals surface area (Å²) in [6.45, 7) is -0.355. The molecule has 0 spiro atoms. The van der Waals surface area contributed by atoms with Crippen molar-refractivity contribution >= 4 is 56.8 Å². The van der Waals surface area contributed by atoms with E-state index in [1.165, 1.54) is 24.3 Å². The summed E-state index contributed by atoms with van der Waals surface area (Å²) in [7, 11) is -3.66. The second-order valence-electron chi connectivity index (χ2n) is 5.26. The number of nitrogens with one attached hydrogen (secondary N) is 1. The van der Waals surface area contributed by atoms with E-state index in [0.717, 1.165) is 17.4 Å². The first kappa shape index (κ1) is 24.5. The van der Waals surface area contributed by atoms with E-state index in [-0.39, 0.29) is 46.4 Å². The number of halogens is 4. The monoisotopic (exact) mass is 551 g/mol. The molecule has 0 radical (unpaired) electrons. The van der Waals surface area contributed by atoms with Crippen LogP contribution in [0.4, 0.5) is 18.9 Å². The van der Waals surface area contributed by atoms with Crippen molar-refractivity contribution in [2.75, 3.05) is 17.6 Å². The van der Waals surface area contributed by atoms with Gasteiger partial charge in [0.05, 0.1) is 24.1 Å². The molecule has 1 aromatic heterocycles.